The molecule has 84 valence electrons. The predicted molar refractivity (Wildman–Crippen MR) is 64.6 cm³/mol. The molecule has 0 spiro atoms. The molecule has 0 saturated carbocycles. The highest BCUT2D eigenvalue weighted by atomic mass is 15.5. The smallest absolute Gasteiger partial charge is 0.179 e. The van der Waals surface area contributed by atoms with Crippen LogP contribution in [0.4, 0.5) is 0 Å². The first-order valence-corrected chi connectivity index (χ1v) is 5.34. The Balaban J connectivity index is 2.29. The number of hydrogen-bond acceptors (Lipinski definition) is 4. The number of pyridine rings is 1. The van der Waals surface area contributed by atoms with Gasteiger partial charge in [-0.15, -0.1) is 4.80 Å². The molecular weight excluding hydrogens is 214 g/mol. The van der Waals surface area contributed by atoms with Crippen LogP contribution < -0.4 is 5.73 Å². The summed E-state index contributed by atoms with van der Waals surface area (Å²) in [5.74, 6) is 0.691. The van der Waals surface area contributed by atoms with Gasteiger partial charge in [0, 0.05) is 17.5 Å². The first kappa shape index (κ1) is 9.92. The number of nitrogens with two attached hydrogens (primary N) is 1. The monoisotopic (exact) mass is 225 g/mol. The summed E-state index contributed by atoms with van der Waals surface area (Å²) in [5.41, 5.74) is 7.58. The summed E-state index contributed by atoms with van der Waals surface area (Å²) in [5, 5.41) is 9.25. The van der Waals surface area contributed by atoms with Gasteiger partial charge in [0.15, 0.2) is 5.82 Å². The molecule has 5 heteroatoms. The van der Waals surface area contributed by atoms with Crippen molar-refractivity contribution in [3.63, 3.8) is 0 Å². The average molecular weight is 225 g/mol. The van der Waals surface area contributed by atoms with E-state index in [0.29, 0.717) is 12.4 Å². The van der Waals surface area contributed by atoms with Gasteiger partial charge in [0.2, 0.25) is 0 Å². The van der Waals surface area contributed by atoms with Gasteiger partial charge in [-0.1, -0.05) is 18.2 Å². The summed E-state index contributed by atoms with van der Waals surface area (Å²) >= 11 is 0. The Morgan fingerprint density at radius 1 is 1.12 bits per heavy atom. The maximum Gasteiger partial charge on any atom is 0.179 e. The van der Waals surface area contributed by atoms with E-state index in [0.717, 1.165) is 16.5 Å². The number of fused-ring (bicyclic) bond motifs is 1. The molecule has 0 saturated heterocycles. The predicted octanol–water partition coefficient (Wildman–Crippen LogP) is 1.27. The zero-order valence-corrected chi connectivity index (χ0v) is 9.11. The normalized spacial score (nSPS) is 10.9. The van der Waals surface area contributed by atoms with Gasteiger partial charge < -0.3 is 5.73 Å². The van der Waals surface area contributed by atoms with Gasteiger partial charge >= 0.3 is 0 Å². The zero-order valence-electron chi connectivity index (χ0n) is 9.11. The fourth-order valence-electron chi connectivity index (χ4n) is 1.80. The summed E-state index contributed by atoms with van der Waals surface area (Å²) < 4.78 is 0. The SMILES string of the molecule is NCc1cc2ccccc2nc1-n1nccn1. The first-order valence-electron chi connectivity index (χ1n) is 5.34. The van der Waals surface area contributed by atoms with Crippen molar-refractivity contribution in [2.75, 3.05) is 0 Å². The molecule has 17 heavy (non-hydrogen) atoms. The van der Waals surface area contributed by atoms with Crippen LogP contribution in [-0.4, -0.2) is 20.0 Å². The lowest BCUT2D eigenvalue weighted by Crippen LogP contribution is -2.09. The van der Waals surface area contributed by atoms with E-state index < -0.39 is 0 Å². The van der Waals surface area contributed by atoms with E-state index in [1.165, 1.54) is 4.80 Å². The number of aromatic nitrogens is 4. The van der Waals surface area contributed by atoms with Gasteiger partial charge in [0.1, 0.15) is 0 Å². The summed E-state index contributed by atoms with van der Waals surface area (Å²) in [6.45, 7) is 0.411. The third-order valence-corrected chi connectivity index (χ3v) is 2.61. The molecule has 1 aromatic carbocycles. The lowest BCUT2D eigenvalue weighted by molar-refractivity contribution is 0.721. The molecule has 5 nitrogen and oxygen atoms in total. The molecular formula is C12H11N5. The van der Waals surface area contributed by atoms with Crippen molar-refractivity contribution in [2.45, 2.75) is 6.54 Å². The van der Waals surface area contributed by atoms with Crippen molar-refractivity contribution in [3.8, 4) is 5.82 Å². The quantitative estimate of drug-likeness (QED) is 0.713. The van der Waals surface area contributed by atoms with Crippen LogP contribution in [0.15, 0.2) is 42.7 Å². The van der Waals surface area contributed by atoms with E-state index in [1.807, 2.05) is 30.3 Å². The van der Waals surface area contributed by atoms with Gasteiger partial charge in [-0.25, -0.2) is 4.98 Å². The van der Waals surface area contributed by atoms with Crippen LogP contribution in [0.3, 0.4) is 0 Å². The highest BCUT2D eigenvalue weighted by molar-refractivity contribution is 5.80. The summed E-state index contributed by atoms with van der Waals surface area (Å²) in [6, 6.07) is 9.94. The van der Waals surface area contributed by atoms with E-state index in [9.17, 15) is 0 Å². The molecule has 2 heterocycles. The minimum atomic E-state index is 0.411. The number of hydrogen-bond donors (Lipinski definition) is 1. The average Bonchev–Trinajstić information content (AvgIpc) is 2.91. The molecule has 0 bridgehead atoms. The Labute approximate surface area is 97.9 Å². The van der Waals surface area contributed by atoms with E-state index >= 15 is 0 Å². The largest absolute Gasteiger partial charge is 0.326 e. The molecule has 0 radical (unpaired) electrons. The molecule has 0 aliphatic rings. The highest BCUT2D eigenvalue weighted by Gasteiger charge is 2.08. The molecule has 0 aliphatic heterocycles. The second-order valence-corrected chi connectivity index (χ2v) is 3.69. The van der Waals surface area contributed by atoms with E-state index in [2.05, 4.69) is 15.2 Å². The molecule has 2 N–H and O–H groups in total. The van der Waals surface area contributed by atoms with Gasteiger partial charge in [0.25, 0.3) is 0 Å². The summed E-state index contributed by atoms with van der Waals surface area (Å²) in [7, 11) is 0. The molecule has 0 aliphatic carbocycles. The van der Waals surface area contributed by atoms with Crippen molar-refractivity contribution >= 4 is 10.9 Å². The van der Waals surface area contributed by atoms with Crippen LogP contribution in [0, 0.1) is 0 Å². The first-order chi connectivity index (χ1) is 8.38. The minimum Gasteiger partial charge on any atom is -0.326 e. The minimum absolute atomic E-state index is 0.411. The van der Waals surface area contributed by atoms with Crippen LogP contribution in [-0.2, 0) is 6.54 Å². The molecule has 3 rings (SSSR count). The second kappa shape index (κ2) is 3.95. The van der Waals surface area contributed by atoms with Crippen molar-refractivity contribution < 1.29 is 0 Å². The fraction of sp³-hybridized carbons (Fsp3) is 0.0833. The molecule has 0 fully saturated rings. The third kappa shape index (κ3) is 1.66. The maximum atomic E-state index is 5.74. The molecule has 2 aromatic heterocycles. The van der Waals surface area contributed by atoms with Crippen LogP contribution in [0.25, 0.3) is 16.7 Å². The fourth-order valence-corrected chi connectivity index (χ4v) is 1.80. The van der Waals surface area contributed by atoms with E-state index in [1.54, 1.807) is 12.4 Å². The Kier molecular flexibility index (Phi) is 2.31. The zero-order chi connectivity index (χ0) is 11.7. The number of benzene rings is 1. The topological polar surface area (TPSA) is 69.6 Å². The van der Waals surface area contributed by atoms with Gasteiger partial charge in [-0.3, -0.25) is 0 Å². The van der Waals surface area contributed by atoms with Gasteiger partial charge in [0.05, 0.1) is 17.9 Å². The number of para-hydroxylation sites is 1. The second-order valence-electron chi connectivity index (χ2n) is 3.69. The van der Waals surface area contributed by atoms with Crippen molar-refractivity contribution in [1.82, 2.24) is 20.0 Å². The number of nitrogens with zero attached hydrogens (tertiary/aromatic N) is 4. The Morgan fingerprint density at radius 2 is 1.88 bits per heavy atom. The van der Waals surface area contributed by atoms with Gasteiger partial charge in [-0.2, -0.15) is 10.2 Å². The Hall–Kier alpha value is -2.27. The molecule has 0 amide bonds. The lowest BCUT2D eigenvalue weighted by Gasteiger charge is -2.07. The third-order valence-electron chi connectivity index (χ3n) is 2.61. The van der Waals surface area contributed by atoms with Crippen molar-refractivity contribution in [2.24, 2.45) is 5.73 Å². The Morgan fingerprint density at radius 3 is 2.65 bits per heavy atom. The van der Waals surface area contributed by atoms with Crippen LogP contribution >= 0.6 is 0 Å². The van der Waals surface area contributed by atoms with Crippen LogP contribution in [0.5, 0.6) is 0 Å². The Bertz CT molecular complexity index is 645. The van der Waals surface area contributed by atoms with E-state index in [4.69, 9.17) is 5.73 Å². The standard InChI is InChI=1S/C12H11N5/c13-8-10-7-9-3-1-2-4-11(9)16-12(10)17-14-5-6-15-17/h1-7H,8,13H2. The summed E-state index contributed by atoms with van der Waals surface area (Å²) in [4.78, 5) is 6.04. The van der Waals surface area contributed by atoms with Crippen molar-refractivity contribution in [3.05, 3.63) is 48.3 Å². The van der Waals surface area contributed by atoms with Gasteiger partial charge in [-0.05, 0) is 12.1 Å². The molecule has 0 unspecified atom stereocenters. The highest BCUT2D eigenvalue weighted by Crippen LogP contribution is 2.18. The maximum absolute atomic E-state index is 5.74. The van der Waals surface area contributed by atoms with Crippen LogP contribution in [0.2, 0.25) is 0 Å². The van der Waals surface area contributed by atoms with Crippen LogP contribution in [0.1, 0.15) is 5.56 Å². The van der Waals surface area contributed by atoms with Crippen molar-refractivity contribution in [1.29, 1.82) is 0 Å². The molecule has 3 aromatic rings. The number of rotatable bonds is 2. The lowest BCUT2D eigenvalue weighted by atomic mass is 10.1. The van der Waals surface area contributed by atoms with E-state index in [-0.39, 0.29) is 0 Å². The summed E-state index contributed by atoms with van der Waals surface area (Å²) in [6.07, 6.45) is 3.24. The molecule has 0 atom stereocenters.